The lowest BCUT2D eigenvalue weighted by Gasteiger charge is -2.22. The van der Waals surface area contributed by atoms with Crippen LogP contribution in [0.4, 0.5) is 0 Å². The Kier molecular flexibility index (Phi) is 3.39. The second-order valence-electron chi connectivity index (χ2n) is 3.62. The molecule has 0 saturated carbocycles. The summed E-state index contributed by atoms with van der Waals surface area (Å²) >= 11 is 3.30. The number of halogens is 1. The van der Waals surface area contributed by atoms with Crippen LogP contribution in [0.25, 0.3) is 0 Å². The van der Waals surface area contributed by atoms with Gasteiger partial charge in [-0.05, 0) is 35.2 Å². The van der Waals surface area contributed by atoms with Crippen LogP contribution >= 0.6 is 15.9 Å². The van der Waals surface area contributed by atoms with Crippen LogP contribution in [0.2, 0.25) is 0 Å². The molecule has 1 unspecified atom stereocenters. The van der Waals surface area contributed by atoms with E-state index >= 15 is 0 Å². The minimum Gasteiger partial charge on any atom is -0.376 e. The third-order valence-corrected chi connectivity index (χ3v) is 3.13. The van der Waals surface area contributed by atoms with Gasteiger partial charge in [0.1, 0.15) is 6.07 Å². The van der Waals surface area contributed by atoms with Crippen LogP contribution in [-0.4, -0.2) is 22.5 Å². The summed E-state index contributed by atoms with van der Waals surface area (Å²) in [7, 11) is 0. The lowest BCUT2D eigenvalue weighted by molar-refractivity contribution is 0.00384. The molecular weight excluding hydrogens is 258 g/mol. The zero-order chi connectivity index (χ0) is 10.7. The topological polar surface area (TPSA) is 50.8 Å². The van der Waals surface area contributed by atoms with Crippen LogP contribution in [0.1, 0.15) is 25.0 Å². The minimum absolute atomic E-state index is 0.206. The largest absolute Gasteiger partial charge is 0.376 e. The highest BCUT2D eigenvalue weighted by molar-refractivity contribution is 9.10. The van der Waals surface area contributed by atoms with Gasteiger partial charge in [0.15, 0.2) is 5.69 Å². The first kappa shape index (κ1) is 10.7. The molecule has 2 heterocycles. The zero-order valence-corrected chi connectivity index (χ0v) is 9.90. The van der Waals surface area contributed by atoms with Gasteiger partial charge in [0.05, 0.1) is 23.3 Å². The van der Waals surface area contributed by atoms with Gasteiger partial charge in [-0.3, -0.25) is 4.68 Å². The van der Waals surface area contributed by atoms with E-state index in [2.05, 4.69) is 27.1 Å². The molecule has 1 aliphatic heterocycles. The molecule has 1 aliphatic rings. The molecule has 0 N–H and O–H groups in total. The fraction of sp³-hybridized carbons (Fsp3) is 0.600. The molecule has 0 aliphatic carbocycles. The van der Waals surface area contributed by atoms with Gasteiger partial charge in [0.25, 0.3) is 0 Å². The van der Waals surface area contributed by atoms with Crippen molar-refractivity contribution >= 4 is 15.9 Å². The molecule has 0 amide bonds. The summed E-state index contributed by atoms with van der Waals surface area (Å²) in [5.74, 6) is 0. The van der Waals surface area contributed by atoms with Crippen LogP contribution in [0.5, 0.6) is 0 Å². The summed E-state index contributed by atoms with van der Waals surface area (Å²) in [5, 5.41) is 13.1. The predicted octanol–water partition coefficient (Wildman–Crippen LogP) is 2.09. The van der Waals surface area contributed by atoms with E-state index in [1.165, 1.54) is 6.42 Å². The van der Waals surface area contributed by atoms with Crippen LogP contribution < -0.4 is 0 Å². The summed E-state index contributed by atoms with van der Waals surface area (Å²) in [5.41, 5.74) is 0.573. The van der Waals surface area contributed by atoms with E-state index in [9.17, 15) is 0 Å². The van der Waals surface area contributed by atoms with Gasteiger partial charge in [-0.15, -0.1) is 0 Å². The van der Waals surface area contributed by atoms with E-state index in [1.54, 1.807) is 10.9 Å². The quantitative estimate of drug-likeness (QED) is 0.826. The molecule has 0 radical (unpaired) electrons. The number of rotatable bonds is 2. The monoisotopic (exact) mass is 269 g/mol. The Hall–Kier alpha value is -0.860. The van der Waals surface area contributed by atoms with Crippen molar-refractivity contribution in [3.05, 3.63) is 16.4 Å². The van der Waals surface area contributed by atoms with Gasteiger partial charge < -0.3 is 4.74 Å². The first-order valence-electron chi connectivity index (χ1n) is 5.04. The Morgan fingerprint density at radius 2 is 2.53 bits per heavy atom. The van der Waals surface area contributed by atoms with Crippen LogP contribution in [0, 0.1) is 11.3 Å². The second kappa shape index (κ2) is 4.77. The minimum atomic E-state index is 0.206. The van der Waals surface area contributed by atoms with E-state index in [4.69, 9.17) is 10.00 Å². The average molecular weight is 270 g/mol. The SMILES string of the molecule is N#Cc1c(Br)cnn1CC1CCCCO1. The second-order valence-corrected chi connectivity index (χ2v) is 4.48. The first-order chi connectivity index (χ1) is 7.31. The number of hydrogen-bond acceptors (Lipinski definition) is 3. The number of hydrogen-bond donors (Lipinski definition) is 0. The van der Waals surface area contributed by atoms with Gasteiger partial charge in [-0.25, -0.2) is 0 Å². The molecule has 1 aromatic heterocycles. The van der Waals surface area contributed by atoms with E-state index < -0.39 is 0 Å². The van der Waals surface area contributed by atoms with Gasteiger partial charge in [-0.2, -0.15) is 10.4 Å². The van der Waals surface area contributed by atoms with Crippen molar-refractivity contribution in [1.29, 1.82) is 5.26 Å². The van der Waals surface area contributed by atoms with Gasteiger partial charge in [0.2, 0.25) is 0 Å². The number of nitriles is 1. The standard InChI is InChI=1S/C10H12BrN3O/c11-9-6-13-14(10(9)5-12)7-8-3-1-2-4-15-8/h6,8H,1-4,7H2. The molecule has 15 heavy (non-hydrogen) atoms. The fourth-order valence-electron chi connectivity index (χ4n) is 1.76. The first-order valence-corrected chi connectivity index (χ1v) is 5.83. The molecule has 1 fully saturated rings. The van der Waals surface area contributed by atoms with Crippen molar-refractivity contribution in [3.63, 3.8) is 0 Å². The molecule has 5 heteroatoms. The summed E-state index contributed by atoms with van der Waals surface area (Å²) in [6.07, 6.45) is 5.26. The Labute approximate surface area is 97.0 Å². The van der Waals surface area contributed by atoms with E-state index in [0.29, 0.717) is 12.2 Å². The Morgan fingerprint density at radius 1 is 1.67 bits per heavy atom. The third-order valence-electron chi connectivity index (χ3n) is 2.55. The van der Waals surface area contributed by atoms with Gasteiger partial charge >= 0.3 is 0 Å². The fourth-order valence-corrected chi connectivity index (χ4v) is 2.14. The molecule has 0 aromatic carbocycles. The molecule has 0 bridgehead atoms. The third kappa shape index (κ3) is 2.39. The highest BCUT2D eigenvalue weighted by atomic mass is 79.9. The van der Waals surface area contributed by atoms with Gasteiger partial charge in [0, 0.05) is 6.61 Å². The summed E-state index contributed by atoms with van der Waals surface area (Å²) in [6.45, 7) is 1.50. The molecular formula is C10H12BrN3O. The molecule has 1 saturated heterocycles. The van der Waals surface area contributed by atoms with Crippen molar-refractivity contribution in [1.82, 2.24) is 9.78 Å². The van der Waals surface area contributed by atoms with Crippen LogP contribution in [0.15, 0.2) is 10.7 Å². The van der Waals surface area contributed by atoms with Crippen molar-refractivity contribution in [2.45, 2.75) is 31.9 Å². The van der Waals surface area contributed by atoms with Crippen molar-refractivity contribution in [2.75, 3.05) is 6.61 Å². The maximum absolute atomic E-state index is 8.94. The molecule has 1 aromatic rings. The summed E-state index contributed by atoms with van der Waals surface area (Å²) in [4.78, 5) is 0. The number of nitrogens with zero attached hydrogens (tertiary/aromatic N) is 3. The van der Waals surface area contributed by atoms with E-state index in [1.807, 2.05) is 0 Å². The smallest absolute Gasteiger partial charge is 0.152 e. The molecule has 0 spiro atoms. The predicted molar refractivity (Wildman–Crippen MR) is 58.2 cm³/mol. The lowest BCUT2D eigenvalue weighted by Crippen LogP contribution is -2.25. The zero-order valence-electron chi connectivity index (χ0n) is 8.32. The Morgan fingerprint density at radius 3 is 3.20 bits per heavy atom. The highest BCUT2D eigenvalue weighted by Crippen LogP contribution is 2.18. The summed E-state index contributed by atoms with van der Waals surface area (Å²) < 4.78 is 8.06. The summed E-state index contributed by atoms with van der Waals surface area (Å²) in [6, 6.07) is 2.13. The maximum Gasteiger partial charge on any atom is 0.152 e. The van der Waals surface area contributed by atoms with Crippen molar-refractivity contribution in [2.24, 2.45) is 0 Å². The van der Waals surface area contributed by atoms with Crippen molar-refractivity contribution < 1.29 is 4.74 Å². The molecule has 1 atom stereocenters. The van der Waals surface area contributed by atoms with Crippen LogP contribution in [-0.2, 0) is 11.3 Å². The van der Waals surface area contributed by atoms with E-state index in [-0.39, 0.29) is 6.10 Å². The van der Waals surface area contributed by atoms with Crippen molar-refractivity contribution in [3.8, 4) is 6.07 Å². The normalized spacial score (nSPS) is 21.2. The average Bonchev–Trinajstić information content (AvgIpc) is 2.61. The molecule has 80 valence electrons. The van der Waals surface area contributed by atoms with Gasteiger partial charge in [-0.1, -0.05) is 0 Å². The van der Waals surface area contributed by atoms with Crippen LogP contribution in [0.3, 0.4) is 0 Å². The molecule has 2 rings (SSSR count). The van der Waals surface area contributed by atoms with E-state index in [0.717, 1.165) is 23.9 Å². The maximum atomic E-state index is 8.94. The lowest BCUT2D eigenvalue weighted by atomic mass is 10.1. The number of ether oxygens (including phenoxy) is 1. The highest BCUT2D eigenvalue weighted by Gasteiger charge is 2.17. The molecule has 4 nitrogen and oxygen atoms in total. The number of aromatic nitrogens is 2. The Balaban J connectivity index is 2.06. The Bertz CT molecular complexity index is 377.